The molecule has 0 fully saturated rings. The summed E-state index contributed by atoms with van der Waals surface area (Å²) < 4.78 is 0. The molecule has 0 aliphatic heterocycles. The van der Waals surface area contributed by atoms with Crippen LogP contribution < -0.4 is 11.5 Å². The van der Waals surface area contributed by atoms with Crippen molar-refractivity contribution in [2.24, 2.45) is 11.5 Å². The smallest absolute Gasteiger partial charge is 0.108 e. The summed E-state index contributed by atoms with van der Waals surface area (Å²) >= 11 is 0. The summed E-state index contributed by atoms with van der Waals surface area (Å²) in [6.07, 6.45) is -2.05. The second-order valence-electron chi connectivity index (χ2n) is 3.24. The Morgan fingerprint density at radius 2 is 1.69 bits per heavy atom. The topological polar surface area (TPSA) is 113 Å². The molecule has 0 aromatic rings. The minimum absolute atomic E-state index is 0.0862. The van der Waals surface area contributed by atoms with Gasteiger partial charge in [-0.1, -0.05) is 13.3 Å². The summed E-state index contributed by atoms with van der Waals surface area (Å²) in [5.74, 6) is 0. The molecule has 0 saturated heterocycles. The van der Waals surface area contributed by atoms with Crippen LogP contribution in [0.3, 0.4) is 0 Å². The van der Waals surface area contributed by atoms with E-state index in [0.717, 1.165) is 6.42 Å². The quantitative estimate of drug-likeness (QED) is 0.339. The van der Waals surface area contributed by atoms with E-state index in [-0.39, 0.29) is 6.54 Å². The molecule has 0 heterocycles. The van der Waals surface area contributed by atoms with Gasteiger partial charge in [-0.3, -0.25) is 0 Å². The molecular weight excluding hydrogens is 172 g/mol. The zero-order valence-corrected chi connectivity index (χ0v) is 7.93. The molecule has 80 valence electrons. The normalized spacial score (nSPS) is 20.8. The average Bonchev–Trinajstić information content (AvgIpc) is 2.14. The van der Waals surface area contributed by atoms with Crippen LogP contribution >= 0.6 is 0 Å². The predicted octanol–water partition coefficient (Wildman–Crippen LogP) is -1.84. The highest BCUT2D eigenvalue weighted by molar-refractivity contribution is 4.83. The molecule has 13 heavy (non-hydrogen) atoms. The maximum Gasteiger partial charge on any atom is 0.108 e. The number of aliphatic hydroxyl groups excluding tert-OH is 3. The Bertz CT molecular complexity index is 135. The Morgan fingerprint density at radius 3 is 2.08 bits per heavy atom. The van der Waals surface area contributed by atoms with E-state index in [0.29, 0.717) is 6.42 Å². The molecule has 0 amide bonds. The van der Waals surface area contributed by atoms with Crippen molar-refractivity contribution in [1.29, 1.82) is 0 Å². The third kappa shape index (κ3) is 4.02. The first-order valence-electron chi connectivity index (χ1n) is 4.54. The summed E-state index contributed by atoms with van der Waals surface area (Å²) in [7, 11) is 0. The molecule has 0 aliphatic carbocycles. The van der Waals surface area contributed by atoms with Crippen molar-refractivity contribution < 1.29 is 15.3 Å². The molecule has 4 atom stereocenters. The third-order valence-corrected chi connectivity index (χ3v) is 2.05. The molecule has 0 radical (unpaired) electrons. The lowest BCUT2D eigenvalue weighted by Crippen LogP contribution is -2.50. The van der Waals surface area contributed by atoms with Crippen LogP contribution in [0.2, 0.25) is 0 Å². The van der Waals surface area contributed by atoms with Crippen molar-refractivity contribution in [1.82, 2.24) is 0 Å². The van der Waals surface area contributed by atoms with Crippen LogP contribution in [0.4, 0.5) is 0 Å². The molecule has 0 saturated carbocycles. The summed E-state index contributed by atoms with van der Waals surface area (Å²) in [5.41, 5.74) is 10.7. The van der Waals surface area contributed by atoms with Gasteiger partial charge in [0.25, 0.3) is 0 Å². The summed E-state index contributed by atoms with van der Waals surface area (Å²) in [6.45, 7) is 1.84. The Hall–Kier alpha value is -0.200. The van der Waals surface area contributed by atoms with Gasteiger partial charge in [0.1, 0.15) is 6.10 Å². The molecule has 0 spiro atoms. The molecule has 7 N–H and O–H groups in total. The van der Waals surface area contributed by atoms with Crippen LogP contribution in [0.5, 0.6) is 0 Å². The lowest BCUT2D eigenvalue weighted by Gasteiger charge is -2.26. The zero-order valence-electron chi connectivity index (χ0n) is 7.93. The Kier molecular flexibility index (Phi) is 6.19. The molecule has 0 rings (SSSR count). The van der Waals surface area contributed by atoms with Gasteiger partial charge in [-0.15, -0.1) is 0 Å². The lowest BCUT2D eigenvalue weighted by molar-refractivity contribution is -0.0647. The van der Waals surface area contributed by atoms with Crippen LogP contribution in [-0.4, -0.2) is 46.2 Å². The number of aliphatic hydroxyl groups is 3. The first kappa shape index (κ1) is 12.8. The monoisotopic (exact) mass is 192 g/mol. The minimum atomic E-state index is -1.26. The van der Waals surface area contributed by atoms with E-state index in [1.54, 1.807) is 0 Å². The summed E-state index contributed by atoms with van der Waals surface area (Å²) in [6, 6.07) is -0.513. The summed E-state index contributed by atoms with van der Waals surface area (Å²) in [4.78, 5) is 0. The van der Waals surface area contributed by atoms with Gasteiger partial charge in [-0.2, -0.15) is 0 Å². The minimum Gasteiger partial charge on any atom is -0.389 e. The number of hydrogen-bond acceptors (Lipinski definition) is 5. The molecule has 0 bridgehead atoms. The largest absolute Gasteiger partial charge is 0.389 e. The van der Waals surface area contributed by atoms with Crippen LogP contribution in [0.15, 0.2) is 0 Å². The van der Waals surface area contributed by atoms with E-state index in [2.05, 4.69) is 0 Å². The Labute approximate surface area is 78.4 Å². The van der Waals surface area contributed by atoms with Crippen molar-refractivity contribution in [3.8, 4) is 0 Å². The molecule has 0 aromatic carbocycles. The van der Waals surface area contributed by atoms with Gasteiger partial charge in [0, 0.05) is 12.6 Å². The van der Waals surface area contributed by atoms with Crippen LogP contribution in [0.25, 0.3) is 0 Å². The van der Waals surface area contributed by atoms with Gasteiger partial charge in [0.2, 0.25) is 0 Å². The standard InChI is InChI=1S/C8H20N2O3/c1-2-3-5(10)7(12)8(13)6(11)4-9/h5-8,11-13H,2-4,9-10H2,1H3/t5-,6+,7+,8-/m0/s1. The SMILES string of the molecule is CCC[C@H](N)[C@@H](O)[C@@H](O)[C@H](O)CN. The molecule has 0 aliphatic rings. The van der Waals surface area contributed by atoms with Gasteiger partial charge < -0.3 is 26.8 Å². The van der Waals surface area contributed by atoms with Crippen LogP contribution in [0, 0.1) is 0 Å². The average molecular weight is 192 g/mol. The van der Waals surface area contributed by atoms with E-state index < -0.39 is 24.4 Å². The maximum absolute atomic E-state index is 9.43. The van der Waals surface area contributed by atoms with Gasteiger partial charge in [-0.25, -0.2) is 0 Å². The predicted molar refractivity (Wildman–Crippen MR) is 50.0 cm³/mol. The van der Waals surface area contributed by atoms with Crippen LogP contribution in [0.1, 0.15) is 19.8 Å². The number of hydrogen-bond donors (Lipinski definition) is 5. The maximum atomic E-state index is 9.43. The molecule has 0 aromatic heterocycles. The highest BCUT2D eigenvalue weighted by Gasteiger charge is 2.27. The fourth-order valence-corrected chi connectivity index (χ4v) is 1.12. The van der Waals surface area contributed by atoms with E-state index in [1.807, 2.05) is 6.92 Å². The second kappa shape index (κ2) is 6.28. The first-order chi connectivity index (χ1) is 6.04. The van der Waals surface area contributed by atoms with E-state index in [9.17, 15) is 10.2 Å². The van der Waals surface area contributed by atoms with E-state index >= 15 is 0 Å². The molecule has 0 unspecified atom stereocenters. The van der Waals surface area contributed by atoms with Crippen molar-refractivity contribution in [2.75, 3.05) is 6.54 Å². The van der Waals surface area contributed by atoms with E-state index in [1.165, 1.54) is 0 Å². The fraction of sp³-hybridized carbons (Fsp3) is 1.00. The Balaban J connectivity index is 3.99. The van der Waals surface area contributed by atoms with Gasteiger partial charge >= 0.3 is 0 Å². The van der Waals surface area contributed by atoms with Gasteiger partial charge in [-0.05, 0) is 6.42 Å². The Morgan fingerprint density at radius 1 is 1.15 bits per heavy atom. The van der Waals surface area contributed by atoms with Crippen molar-refractivity contribution in [2.45, 2.75) is 44.1 Å². The van der Waals surface area contributed by atoms with Crippen molar-refractivity contribution >= 4 is 0 Å². The molecule has 5 heteroatoms. The highest BCUT2D eigenvalue weighted by Crippen LogP contribution is 2.06. The number of nitrogens with two attached hydrogens (primary N) is 2. The van der Waals surface area contributed by atoms with Gasteiger partial charge in [0.15, 0.2) is 0 Å². The lowest BCUT2D eigenvalue weighted by atomic mass is 9.98. The molecular formula is C8H20N2O3. The number of rotatable bonds is 6. The van der Waals surface area contributed by atoms with Crippen LogP contribution in [-0.2, 0) is 0 Å². The highest BCUT2D eigenvalue weighted by atomic mass is 16.4. The molecule has 5 nitrogen and oxygen atoms in total. The van der Waals surface area contributed by atoms with E-state index in [4.69, 9.17) is 16.6 Å². The summed E-state index contributed by atoms with van der Waals surface area (Å²) in [5, 5.41) is 27.9. The van der Waals surface area contributed by atoms with Crippen molar-refractivity contribution in [3.63, 3.8) is 0 Å². The zero-order chi connectivity index (χ0) is 10.4. The van der Waals surface area contributed by atoms with Gasteiger partial charge in [0.05, 0.1) is 12.2 Å². The second-order valence-corrected chi connectivity index (χ2v) is 3.24. The fourth-order valence-electron chi connectivity index (χ4n) is 1.12. The third-order valence-electron chi connectivity index (χ3n) is 2.05. The first-order valence-corrected chi connectivity index (χ1v) is 4.54. The van der Waals surface area contributed by atoms with Crippen molar-refractivity contribution in [3.05, 3.63) is 0 Å².